The van der Waals surface area contributed by atoms with Gasteiger partial charge in [0.15, 0.2) is 11.5 Å². The van der Waals surface area contributed by atoms with Crippen LogP contribution in [0.25, 0.3) is 0 Å². The first-order valence-electron chi connectivity index (χ1n) is 5.27. The van der Waals surface area contributed by atoms with Gasteiger partial charge in [-0.05, 0) is 0 Å². The molecule has 0 aliphatic heterocycles. The van der Waals surface area contributed by atoms with Crippen LogP contribution in [-0.4, -0.2) is 41.0 Å². The summed E-state index contributed by atoms with van der Waals surface area (Å²) in [4.78, 5) is 11.0. The van der Waals surface area contributed by atoms with Gasteiger partial charge in [0.1, 0.15) is 6.54 Å². The summed E-state index contributed by atoms with van der Waals surface area (Å²) in [6.07, 6.45) is 0. The zero-order valence-corrected chi connectivity index (χ0v) is 12.1. The molecule has 19 heavy (non-hydrogen) atoms. The van der Waals surface area contributed by atoms with E-state index in [0.717, 1.165) is 0 Å². The molecule has 0 unspecified atom stereocenters. The van der Waals surface area contributed by atoms with E-state index in [0.29, 0.717) is 22.9 Å². The van der Waals surface area contributed by atoms with Crippen molar-refractivity contribution in [3.05, 3.63) is 12.1 Å². The normalized spacial score (nSPS) is 9.05. The number of benzene rings is 1. The van der Waals surface area contributed by atoms with Crippen molar-refractivity contribution in [2.24, 2.45) is 0 Å². The molecule has 0 radical (unpaired) electrons. The van der Waals surface area contributed by atoms with E-state index in [4.69, 9.17) is 14.2 Å². The Labute approximate surface area is 118 Å². The number of carbonyl (C=O) groups is 1. The number of hydrogen-bond donors (Lipinski definition) is 1. The maximum atomic E-state index is 11.0. The SMILES string of the molecule is COC(=O)CNc1cc(OC)c(OC)c(OC)c1.Cl. The lowest BCUT2D eigenvalue weighted by Crippen LogP contribution is -2.15. The first-order chi connectivity index (χ1) is 8.65. The summed E-state index contributed by atoms with van der Waals surface area (Å²) in [6, 6.07) is 3.43. The van der Waals surface area contributed by atoms with Crippen molar-refractivity contribution < 1.29 is 23.7 Å². The molecule has 1 rings (SSSR count). The van der Waals surface area contributed by atoms with Crippen LogP contribution in [0, 0.1) is 0 Å². The van der Waals surface area contributed by atoms with Crippen LogP contribution in [0.1, 0.15) is 0 Å². The van der Waals surface area contributed by atoms with Gasteiger partial charge >= 0.3 is 5.97 Å². The maximum Gasteiger partial charge on any atom is 0.325 e. The van der Waals surface area contributed by atoms with Crippen LogP contribution >= 0.6 is 12.4 Å². The van der Waals surface area contributed by atoms with Gasteiger partial charge in [-0.1, -0.05) is 0 Å². The van der Waals surface area contributed by atoms with E-state index in [-0.39, 0.29) is 24.9 Å². The molecule has 0 saturated heterocycles. The molecular weight excluding hydrogens is 274 g/mol. The highest BCUT2D eigenvalue weighted by atomic mass is 35.5. The molecule has 1 aromatic carbocycles. The van der Waals surface area contributed by atoms with Gasteiger partial charge in [-0.25, -0.2) is 0 Å². The molecule has 0 heterocycles. The van der Waals surface area contributed by atoms with E-state index < -0.39 is 0 Å². The molecule has 0 aliphatic carbocycles. The van der Waals surface area contributed by atoms with Crippen molar-refractivity contribution >= 4 is 24.1 Å². The lowest BCUT2D eigenvalue weighted by atomic mass is 10.2. The molecule has 1 aromatic rings. The average molecular weight is 292 g/mol. The number of methoxy groups -OCH3 is 4. The molecule has 0 amide bonds. The third-order valence-electron chi connectivity index (χ3n) is 2.33. The van der Waals surface area contributed by atoms with E-state index >= 15 is 0 Å². The van der Waals surface area contributed by atoms with Gasteiger partial charge < -0.3 is 24.3 Å². The minimum Gasteiger partial charge on any atom is -0.493 e. The number of anilines is 1. The Morgan fingerprint density at radius 1 is 1.05 bits per heavy atom. The standard InChI is InChI=1S/C12H17NO5.ClH/c1-15-9-5-8(13-7-11(14)17-3)6-10(16-2)12(9)18-4;/h5-6,13H,7H2,1-4H3;1H. The highest BCUT2D eigenvalue weighted by Crippen LogP contribution is 2.39. The van der Waals surface area contributed by atoms with Gasteiger partial charge in [0.05, 0.1) is 28.4 Å². The monoisotopic (exact) mass is 291 g/mol. The van der Waals surface area contributed by atoms with Gasteiger partial charge in [0.2, 0.25) is 5.75 Å². The van der Waals surface area contributed by atoms with Crippen molar-refractivity contribution in [3.63, 3.8) is 0 Å². The Hall–Kier alpha value is -1.82. The Bertz CT molecular complexity index is 400. The van der Waals surface area contributed by atoms with Crippen LogP contribution in [-0.2, 0) is 9.53 Å². The molecular formula is C12H18ClNO5. The number of ether oxygens (including phenoxy) is 4. The van der Waals surface area contributed by atoms with Crippen LogP contribution in [0.5, 0.6) is 17.2 Å². The second-order valence-corrected chi connectivity index (χ2v) is 3.34. The van der Waals surface area contributed by atoms with Crippen LogP contribution in [0.3, 0.4) is 0 Å². The van der Waals surface area contributed by atoms with Crippen LogP contribution in [0.4, 0.5) is 5.69 Å². The van der Waals surface area contributed by atoms with Crippen molar-refractivity contribution in [1.29, 1.82) is 0 Å². The number of esters is 1. The van der Waals surface area contributed by atoms with Crippen molar-refractivity contribution in [3.8, 4) is 17.2 Å². The smallest absolute Gasteiger partial charge is 0.325 e. The molecule has 0 fully saturated rings. The molecule has 6 nitrogen and oxygen atoms in total. The Morgan fingerprint density at radius 3 is 1.95 bits per heavy atom. The minimum absolute atomic E-state index is 0. The Balaban J connectivity index is 0.00000324. The van der Waals surface area contributed by atoms with Crippen molar-refractivity contribution in [2.45, 2.75) is 0 Å². The first kappa shape index (κ1) is 17.2. The van der Waals surface area contributed by atoms with Gasteiger partial charge in [0.25, 0.3) is 0 Å². The average Bonchev–Trinajstić information content (AvgIpc) is 2.43. The summed E-state index contributed by atoms with van der Waals surface area (Å²) in [5, 5.41) is 2.91. The van der Waals surface area contributed by atoms with E-state index in [1.165, 1.54) is 28.4 Å². The zero-order chi connectivity index (χ0) is 13.5. The Morgan fingerprint density at radius 2 is 1.58 bits per heavy atom. The molecule has 7 heteroatoms. The third kappa shape index (κ3) is 4.40. The molecule has 1 N–H and O–H groups in total. The lowest BCUT2D eigenvalue weighted by Gasteiger charge is -2.14. The summed E-state index contributed by atoms with van der Waals surface area (Å²) in [5.74, 6) is 1.18. The van der Waals surface area contributed by atoms with E-state index in [2.05, 4.69) is 10.1 Å². The topological polar surface area (TPSA) is 66.0 Å². The highest BCUT2D eigenvalue weighted by molar-refractivity contribution is 5.85. The molecule has 0 spiro atoms. The molecule has 0 saturated carbocycles. The number of rotatable bonds is 6. The molecule has 0 atom stereocenters. The summed E-state index contributed by atoms with van der Waals surface area (Å²) >= 11 is 0. The summed E-state index contributed by atoms with van der Waals surface area (Å²) in [6.45, 7) is 0.0646. The van der Waals surface area contributed by atoms with E-state index in [9.17, 15) is 4.79 Å². The van der Waals surface area contributed by atoms with Crippen LogP contribution in [0.15, 0.2) is 12.1 Å². The number of hydrogen-bond acceptors (Lipinski definition) is 6. The fraction of sp³-hybridized carbons (Fsp3) is 0.417. The largest absolute Gasteiger partial charge is 0.493 e. The van der Waals surface area contributed by atoms with Crippen molar-refractivity contribution in [2.75, 3.05) is 40.3 Å². The highest BCUT2D eigenvalue weighted by Gasteiger charge is 2.13. The zero-order valence-electron chi connectivity index (χ0n) is 11.3. The van der Waals surface area contributed by atoms with Crippen LogP contribution in [0.2, 0.25) is 0 Å². The first-order valence-corrected chi connectivity index (χ1v) is 5.27. The fourth-order valence-corrected chi connectivity index (χ4v) is 1.43. The fourth-order valence-electron chi connectivity index (χ4n) is 1.43. The van der Waals surface area contributed by atoms with Gasteiger partial charge in [-0.3, -0.25) is 4.79 Å². The number of halogens is 1. The predicted molar refractivity (Wildman–Crippen MR) is 73.9 cm³/mol. The molecule has 0 bridgehead atoms. The second-order valence-electron chi connectivity index (χ2n) is 3.34. The molecule has 0 aliphatic rings. The van der Waals surface area contributed by atoms with Gasteiger partial charge in [-0.2, -0.15) is 0 Å². The molecule has 108 valence electrons. The number of nitrogens with one attached hydrogen (secondary N) is 1. The quantitative estimate of drug-likeness (QED) is 0.805. The lowest BCUT2D eigenvalue weighted by molar-refractivity contribution is -0.138. The van der Waals surface area contributed by atoms with E-state index in [1.54, 1.807) is 12.1 Å². The Kier molecular flexibility index (Phi) is 7.52. The van der Waals surface area contributed by atoms with Crippen LogP contribution < -0.4 is 19.5 Å². The summed E-state index contributed by atoms with van der Waals surface area (Å²) < 4.78 is 20.1. The van der Waals surface area contributed by atoms with Crippen molar-refractivity contribution in [1.82, 2.24) is 0 Å². The summed E-state index contributed by atoms with van der Waals surface area (Å²) in [5.41, 5.74) is 0.676. The third-order valence-corrected chi connectivity index (χ3v) is 2.33. The van der Waals surface area contributed by atoms with E-state index in [1.807, 2.05) is 0 Å². The maximum absolute atomic E-state index is 11.0. The van der Waals surface area contributed by atoms with Gasteiger partial charge in [0, 0.05) is 17.8 Å². The predicted octanol–water partition coefficient (Wildman–Crippen LogP) is 1.72. The second kappa shape index (κ2) is 8.31. The minimum atomic E-state index is -0.358. The molecule has 0 aromatic heterocycles. The van der Waals surface area contributed by atoms with Gasteiger partial charge in [-0.15, -0.1) is 12.4 Å². The number of carbonyl (C=O) groups excluding carboxylic acids is 1. The summed E-state index contributed by atoms with van der Waals surface area (Å²) in [7, 11) is 5.92.